The van der Waals surface area contributed by atoms with Crippen LogP contribution in [-0.4, -0.2) is 28.2 Å². The van der Waals surface area contributed by atoms with Crippen LogP contribution >= 0.6 is 12.2 Å². The molecule has 0 saturated carbocycles. The van der Waals surface area contributed by atoms with E-state index in [9.17, 15) is 4.79 Å². The summed E-state index contributed by atoms with van der Waals surface area (Å²) in [7, 11) is 1.43. The van der Waals surface area contributed by atoms with Gasteiger partial charge in [-0.3, -0.25) is 4.79 Å². The Morgan fingerprint density at radius 3 is 2.86 bits per heavy atom. The predicted octanol–water partition coefficient (Wildman–Crippen LogP) is 1.08. The molecule has 0 fully saturated rings. The van der Waals surface area contributed by atoms with Gasteiger partial charge < -0.3 is 14.8 Å². The summed E-state index contributed by atoms with van der Waals surface area (Å²) in [5.74, 6) is -0.660. The Kier molecular flexibility index (Phi) is 3.19. The molecule has 6 heteroatoms. The van der Waals surface area contributed by atoms with E-state index < -0.39 is 5.97 Å². The molecule has 0 bridgehead atoms. The minimum atomic E-state index is -0.932. The first kappa shape index (κ1) is 10.6. The Balaban J connectivity index is 3.25. The van der Waals surface area contributed by atoms with Crippen molar-refractivity contribution >= 4 is 18.2 Å². The van der Waals surface area contributed by atoms with Gasteiger partial charge >= 0.3 is 5.97 Å². The van der Waals surface area contributed by atoms with Gasteiger partial charge in [-0.15, -0.1) is 0 Å². The van der Waals surface area contributed by atoms with Crippen molar-refractivity contribution in [3.8, 4) is 5.88 Å². The van der Waals surface area contributed by atoms with Gasteiger partial charge in [0.1, 0.15) is 0 Å². The van der Waals surface area contributed by atoms with Gasteiger partial charge in [0.25, 0.3) is 0 Å². The Morgan fingerprint density at radius 1 is 1.71 bits per heavy atom. The van der Waals surface area contributed by atoms with E-state index in [-0.39, 0.29) is 17.1 Å². The molecular formula is C8H10N2O3S. The molecule has 0 spiro atoms. The molecule has 0 saturated heterocycles. The Morgan fingerprint density at radius 2 is 2.36 bits per heavy atom. The van der Waals surface area contributed by atoms with Crippen molar-refractivity contribution < 1.29 is 14.6 Å². The average Bonchev–Trinajstić information content (AvgIpc) is 2.08. The highest BCUT2D eigenvalue weighted by molar-refractivity contribution is 7.71. The zero-order valence-electron chi connectivity index (χ0n) is 7.83. The van der Waals surface area contributed by atoms with Gasteiger partial charge in [0.2, 0.25) is 5.88 Å². The van der Waals surface area contributed by atoms with E-state index in [1.807, 2.05) is 0 Å². The van der Waals surface area contributed by atoms with Crippen molar-refractivity contribution in [2.24, 2.45) is 0 Å². The first-order valence-electron chi connectivity index (χ1n) is 3.90. The second-order valence-electron chi connectivity index (χ2n) is 2.73. The van der Waals surface area contributed by atoms with Crippen molar-refractivity contribution in [3.63, 3.8) is 0 Å². The van der Waals surface area contributed by atoms with Crippen LogP contribution in [-0.2, 0) is 11.2 Å². The quantitative estimate of drug-likeness (QED) is 0.736. The first-order chi connectivity index (χ1) is 6.54. The number of nitrogens with zero attached hydrogens (tertiary/aromatic N) is 1. The third-order valence-electron chi connectivity index (χ3n) is 1.73. The highest BCUT2D eigenvalue weighted by atomic mass is 32.1. The molecule has 0 aliphatic rings. The van der Waals surface area contributed by atoms with Crippen molar-refractivity contribution in [1.82, 2.24) is 9.97 Å². The summed E-state index contributed by atoms with van der Waals surface area (Å²) in [5.41, 5.74) is 1.19. The van der Waals surface area contributed by atoms with E-state index in [4.69, 9.17) is 22.1 Å². The maximum atomic E-state index is 10.6. The molecule has 0 unspecified atom stereocenters. The second kappa shape index (κ2) is 4.19. The molecule has 0 amide bonds. The van der Waals surface area contributed by atoms with Crippen molar-refractivity contribution in [3.05, 3.63) is 16.0 Å². The predicted molar refractivity (Wildman–Crippen MR) is 52.1 cm³/mol. The van der Waals surface area contributed by atoms with E-state index in [1.165, 1.54) is 7.11 Å². The van der Waals surface area contributed by atoms with E-state index in [0.717, 1.165) is 0 Å². The van der Waals surface area contributed by atoms with Gasteiger partial charge in [-0.05, 0) is 19.1 Å². The number of carboxylic acids is 1. The number of hydrogen-bond donors (Lipinski definition) is 2. The highest BCUT2D eigenvalue weighted by Crippen LogP contribution is 2.17. The van der Waals surface area contributed by atoms with Gasteiger partial charge in [0.05, 0.1) is 13.5 Å². The molecule has 1 aromatic rings. The van der Waals surface area contributed by atoms with E-state index in [1.54, 1.807) is 6.92 Å². The minimum Gasteiger partial charge on any atom is -0.481 e. The molecule has 2 N–H and O–H groups in total. The van der Waals surface area contributed by atoms with Crippen LogP contribution in [0.4, 0.5) is 0 Å². The lowest BCUT2D eigenvalue weighted by molar-refractivity contribution is -0.136. The fourth-order valence-electron chi connectivity index (χ4n) is 1.11. The van der Waals surface area contributed by atoms with Crippen molar-refractivity contribution in [2.75, 3.05) is 7.11 Å². The van der Waals surface area contributed by atoms with Gasteiger partial charge in [0.15, 0.2) is 4.77 Å². The van der Waals surface area contributed by atoms with Crippen LogP contribution in [0.25, 0.3) is 0 Å². The molecule has 76 valence electrons. The topological polar surface area (TPSA) is 75.2 Å². The number of H-pyrrole nitrogens is 1. The first-order valence-corrected chi connectivity index (χ1v) is 4.31. The number of aromatic nitrogens is 2. The Bertz CT molecular complexity index is 414. The zero-order chi connectivity index (χ0) is 10.7. The number of methoxy groups -OCH3 is 1. The van der Waals surface area contributed by atoms with Crippen LogP contribution in [0.1, 0.15) is 11.3 Å². The third kappa shape index (κ3) is 2.29. The van der Waals surface area contributed by atoms with Crippen LogP contribution in [0.2, 0.25) is 0 Å². The summed E-state index contributed by atoms with van der Waals surface area (Å²) >= 11 is 4.83. The number of rotatable bonds is 3. The smallest absolute Gasteiger partial charge is 0.308 e. The molecule has 0 radical (unpaired) electrons. The molecule has 0 atom stereocenters. The van der Waals surface area contributed by atoms with E-state index in [2.05, 4.69) is 9.97 Å². The summed E-state index contributed by atoms with van der Waals surface area (Å²) in [4.78, 5) is 17.2. The van der Waals surface area contributed by atoms with Gasteiger partial charge in [0, 0.05) is 11.3 Å². The normalized spacial score (nSPS) is 9.86. The highest BCUT2D eigenvalue weighted by Gasteiger charge is 2.12. The number of aliphatic carboxylic acids is 1. The molecule has 5 nitrogen and oxygen atoms in total. The summed E-state index contributed by atoms with van der Waals surface area (Å²) < 4.78 is 5.23. The maximum absolute atomic E-state index is 10.6. The molecular weight excluding hydrogens is 204 g/mol. The SMILES string of the molecule is COc1nc(=S)[nH]c(C)c1CC(=O)O. The maximum Gasteiger partial charge on any atom is 0.308 e. The average molecular weight is 214 g/mol. The van der Waals surface area contributed by atoms with Gasteiger partial charge in [-0.1, -0.05) is 0 Å². The van der Waals surface area contributed by atoms with Crippen LogP contribution in [0, 0.1) is 11.7 Å². The summed E-state index contributed by atoms with van der Waals surface area (Å²) in [5, 5.41) is 8.66. The van der Waals surface area contributed by atoms with Gasteiger partial charge in [-0.2, -0.15) is 4.98 Å². The summed E-state index contributed by atoms with van der Waals surface area (Å²) in [6, 6.07) is 0. The number of carbonyl (C=O) groups is 1. The minimum absolute atomic E-state index is 0.131. The van der Waals surface area contributed by atoms with Gasteiger partial charge in [-0.25, -0.2) is 0 Å². The van der Waals surface area contributed by atoms with Crippen LogP contribution in [0.15, 0.2) is 0 Å². The second-order valence-corrected chi connectivity index (χ2v) is 3.11. The molecule has 1 rings (SSSR count). The number of aromatic amines is 1. The van der Waals surface area contributed by atoms with E-state index >= 15 is 0 Å². The summed E-state index contributed by atoms with van der Waals surface area (Å²) in [6.07, 6.45) is -0.131. The molecule has 0 aromatic carbocycles. The number of carboxylic acid groups (broad SMARTS) is 1. The Labute approximate surface area is 85.8 Å². The summed E-state index contributed by atoms with van der Waals surface area (Å²) in [6.45, 7) is 1.73. The number of ether oxygens (including phenoxy) is 1. The largest absolute Gasteiger partial charge is 0.481 e. The molecule has 0 aliphatic heterocycles. The van der Waals surface area contributed by atoms with Crippen LogP contribution in [0.5, 0.6) is 5.88 Å². The standard InChI is InChI=1S/C8H10N2O3S/c1-4-5(3-6(11)12)7(13-2)10-8(14)9-4/h3H2,1-2H3,(H,11,12)(H,9,10,14). The molecule has 14 heavy (non-hydrogen) atoms. The fourth-order valence-corrected chi connectivity index (χ4v) is 1.35. The van der Waals surface area contributed by atoms with Crippen molar-refractivity contribution in [1.29, 1.82) is 0 Å². The van der Waals surface area contributed by atoms with Crippen molar-refractivity contribution in [2.45, 2.75) is 13.3 Å². The lowest BCUT2D eigenvalue weighted by Crippen LogP contribution is -2.07. The molecule has 1 heterocycles. The lowest BCUT2D eigenvalue weighted by Gasteiger charge is -2.07. The monoisotopic (exact) mass is 214 g/mol. The molecule has 1 aromatic heterocycles. The fraction of sp³-hybridized carbons (Fsp3) is 0.375. The van der Waals surface area contributed by atoms with Crippen LogP contribution in [0.3, 0.4) is 0 Å². The number of hydrogen-bond acceptors (Lipinski definition) is 4. The third-order valence-corrected chi connectivity index (χ3v) is 1.92. The zero-order valence-corrected chi connectivity index (χ0v) is 8.64. The van der Waals surface area contributed by atoms with Crippen LogP contribution < -0.4 is 4.74 Å². The number of nitrogens with one attached hydrogen (secondary N) is 1. The lowest BCUT2D eigenvalue weighted by atomic mass is 10.2. The number of aryl methyl sites for hydroxylation is 1. The Hall–Kier alpha value is -1.43. The molecule has 0 aliphatic carbocycles. The van der Waals surface area contributed by atoms with E-state index in [0.29, 0.717) is 11.3 Å².